The van der Waals surface area contributed by atoms with E-state index in [0.717, 1.165) is 11.1 Å². The van der Waals surface area contributed by atoms with E-state index >= 15 is 0 Å². The van der Waals surface area contributed by atoms with Gasteiger partial charge < -0.3 is 9.52 Å². The lowest BCUT2D eigenvalue weighted by Crippen LogP contribution is -1.74. The first-order chi connectivity index (χ1) is 9.72. The van der Waals surface area contributed by atoms with Gasteiger partial charge in [-0.3, -0.25) is 0 Å². The number of nitrogens with one attached hydrogen (secondary N) is 1. The number of aromatic nitrogens is 3. The van der Waals surface area contributed by atoms with E-state index in [9.17, 15) is 5.11 Å². The molecule has 0 aliphatic heterocycles. The molecular formula is C13H11N5O2. The van der Waals surface area contributed by atoms with Gasteiger partial charge in [-0.1, -0.05) is 29.8 Å². The maximum atomic E-state index is 9.71. The van der Waals surface area contributed by atoms with Crippen LogP contribution in [0.2, 0.25) is 0 Å². The zero-order valence-electron chi connectivity index (χ0n) is 10.6. The van der Waals surface area contributed by atoms with E-state index in [0.29, 0.717) is 5.76 Å². The highest BCUT2D eigenvalue weighted by molar-refractivity contribution is 5.64. The number of benzene rings is 1. The van der Waals surface area contributed by atoms with Gasteiger partial charge in [-0.2, -0.15) is 10.1 Å². The lowest BCUT2D eigenvalue weighted by molar-refractivity contribution is 0.339. The van der Waals surface area contributed by atoms with Crippen molar-refractivity contribution in [3.63, 3.8) is 0 Å². The van der Waals surface area contributed by atoms with Gasteiger partial charge in [0.15, 0.2) is 5.69 Å². The molecule has 3 rings (SSSR count). The maximum absolute atomic E-state index is 9.71. The summed E-state index contributed by atoms with van der Waals surface area (Å²) in [6.07, 6.45) is 1.32. The van der Waals surface area contributed by atoms with Gasteiger partial charge in [-0.05, 0) is 6.92 Å². The van der Waals surface area contributed by atoms with Crippen molar-refractivity contribution in [2.24, 2.45) is 10.2 Å². The molecule has 0 atom stereocenters. The van der Waals surface area contributed by atoms with Crippen LogP contribution in [0.1, 0.15) is 5.56 Å². The largest absolute Gasteiger partial charge is 0.479 e. The predicted molar refractivity (Wildman–Crippen MR) is 71.1 cm³/mol. The van der Waals surface area contributed by atoms with Gasteiger partial charge in [0.1, 0.15) is 12.1 Å². The first-order valence-corrected chi connectivity index (χ1v) is 5.89. The van der Waals surface area contributed by atoms with Gasteiger partial charge >= 0.3 is 5.95 Å². The van der Waals surface area contributed by atoms with E-state index in [2.05, 4.69) is 25.4 Å². The van der Waals surface area contributed by atoms with Crippen LogP contribution in [0.4, 0.5) is 11.6 Å². The third kappa shape index (κ3) is 2.41. The number of nitrogens with zero attached hydrogens (tertiary/aromatic N) is 4. The Morgan fingerprint density at radius 3 is 2.70 bits per heavy atom. The summed E-state index contributed by atoms with van der Waals surface area (Å²) in [4.78, 5) is 3.80. The van der Waals surface area contributed by atoms with Crippen LogP contribution in [0, 0.1) is 6.92 Å². The number of hydrogen-bond donors (Lipinski definition) is 2. The summed E-state index contributed by atoms with van der Waals surface area (Å²) in [5, 5.41) is 23.5. The van der Waals surface area contributed by atoms with Crippen molar-refractivity contribution in [2.75, 3.05) is 0 Å². The topological polar surface area (TPSA) is 99.7 Å². The standard InChI is InChI=1S/C13H11N5O2/c1-8-2-4-9(5-3-8)11-6-10(12(19)20-11)16-18-13-14-7-15-17-13/h2-7,19H,1H3,(H,14,15,17). The number of H-pyrrole nitrogens is 1. The highest BCUT2D eigenvalue weighted by atomic mass is 16.5. The Morgan fingerprint density at radius 2 is 2.00 bits per heavy atom. The Balaban J connectivity index is 1.89. The minimum atomic E-state index is -0.288. The summed E-state index contributed by atoms with van der Waals surface area (Å²) in [5.41, 5.74) is 2.23. The van der Waals surface area contributed by atoms with Crippen LogP contribution < -0.4 is 0 Å². The summed E-state index contributed by atoms with van der Waals surface area (Å²) >= 11 is 0. The van der Waals surface area contributed by atoms with Gasteiger partial charge in [0.2, 0.25) is 0 Å². The number of rotatable bonds is 3. The molecule has 0 aliphatic rings. The Bertz CT molecular complexity index is 729. The molecule has 20 heavy (non-hydrogen) atoms. The Hall–Kier alpha value is -2.96. The van der Waals surface area contributed by atoms with E-state index in [4.69, 9.17) is 4.42 Å². The molecule has 7 nitrogen and oxygen atoms in total. The summed E-state index contributed by atoms with van der Waals surface area (Å²) in [5.74, 6) is 0.486. The molecule has 100 valence electrons. The lowest BCUT2D eigenvalue weighted by atomic mass is 10.1. The Kier molecular flexibility index (Phi) is 3.00. The summed E-state index contributed by atoms with van der Waals surface area (Å²) in [6.45, 7) is 2.00. The first kappa shape index (κ1) is 12.1. The molecule has 0 spiro atoms. The van der Waals surface area contributed by atoms with Crippen LogP contribution in [0.15, 0.2) is 51.3 Å². The molecule has 0 aliphatic carbocycles. The molecule has 0 fully saturated rings. The van der Waals surface area contributed by atoms with E-state index < -0.39 is 0 Å². The number of hydrogen-bond acceptors (Lipinski definition) is 6. The second kappa shape index (κ2) is 4.96. The van der Waals surface area contributed by atoms with Gasteiger partial charge in [0.25, 0.3) is 5.95 Å². The fourth-order valence-electron chi connectivity index (χ4n) is 1.65. The minimum Gasteiger partial charge on any atom is -0.479 e. The SMILES string of the molecule is Cc1ccc(-c2cc(N=Nc3ncn[nH]3)c(O)o2)cc1. The van der Waals surface area contributed by atoms with Gasteiger partial charge in [0, 0.05) is 11.6 Å². The highest BCUT2D eigenvalue weighted by Gasteiger charge is 2.11. The molecule has 0 saturated carbocycles. The quantitative estimate of drug-likeness (QED) is 0.710. The number of azo groups is 1. The molecule has 3 aromatic rings. The summed E-state index contributed by atoms with van der Waals surface area (Å²) in [6, 6.07) is 9.35. The smallest absolute Gasteiger partial charge is 0.311 e. The summed E-state index contributed by atoms with van der Waals surface area (Å²) < 4.78 is 5.27. The third-order valence-electron chi connectivity index (χ3n) is 2.68. The van der Waals surface area contributed by atoms with Gasteiger partial charge in [-0.15, -0.1) is 10.2 Å². The molecule has 0 bridgehead atoms. The van der Waals surface area contributed by atoms with E-state index in [1.165, 1.54) is 6.33 Å². The fraction of sp³-hybridized carbons (Fsp3) is 0.0769. The predicted octanol–water partition coefficient (Wildman–Crippen LogP) is 3.49. The van der Waals surface area contributed by atoms with Crippen LogP contribution in [0.25, 0.3) is 11.3 Å². The molecule has 0 saturated heterocycles. The van der Waals surface area contributed by atoms with Crippen LogP contribution in [0.3, 0.4) is 0 Å². The maximum Gasteiger partial charge on any atom is 0.311 e. The van der Waals surface area contributed by atoms with Crippen LogP contribution in [-0.2, 0) is 0 Å². The van der Waals surface area contributed by atoms with Crippen molar-refractivity contribution >= 4 is 11.6 Å². The van der Waals surface area contributed by atoms with Crippen molar-refractivity contribution in [1.29, 1.82) is 0 Å². The molecule has 0 amide bonds. The molecule has 2 N–H and O–H groups in total. The average Bonchev–Trinajstić information content (AvgIpc) is 3.07. The monoisotopic (exact) mass is 269 g/mol. The third-order valence-corrected chi connectivity index (χ3v) is 2.68. The first-order valence-electron chi connectivity index (χ1n) is 5.89. The average molecular weight is 269 g/mol. The van der Waals surface area contributed by atoms with Gasteiger partial charge in [-0.25, -0.2) is 5.10 Å². The highest BCUT2D eigenvalue weighted by Crippen LogP contribution is 2.36. The van der Waals surface area contributed by atoms with E-state index in [-0.39, 0.29) is 17.6 Å². The second-order valence-electron chi connectivity index (χ2n) is 4.18. The van der Waals surface area contributed by atoms with Crippen molar-refractivity contribution in [3.8, 4) is 17.3 Å². The van der Waals surface area contributed by atoms with Crippen LogP contribution in [0.5, 0.6) is 5.95 Å². The minimum absolute atomic E-state index is 0.233. The number of aromatic amines is 1. The number of aryl methyl sites for hydroxylation is 1. The molecule has 7 heteroatoms. The Labute approximate surface area is 114 Å². The van der Waals surface area contributed by atoms with Crippen molar-refractivity contribution in [2.45, 2.75) is 6.92 Å². The molecular weight excluding hydrogens is 258 g/mol. The Morgan fingerprint density at radius 1 is 1.20 bits per heavy atom. The lowest BCUT2D eigenvalue weighted by Gasteiger charge is -1.96. The molecule has 2 heterocycles. The van der Waals surface area contributed by atoms with E-state index in [1.807, 2.05) is 31.2 Å². The van der Waals surface area contributed by atoms with Gasteiger partial charge in [0.05, 0.1) is 0 Å². The van der Waals surface area contributed by atoms with Crippen LogP contribution >= 0.6 is 0 Å². The number of aromatic hydroxyl groups is 1. The summed E-state index contributed by atoms with van der Waals surface area (Å²) in [7, 11) is 0. The second-order valence-corrected chi connectivity index (χ2v) is 4.18. The number of furan rings is 1. The molecule has 1 aromatic carbocycles. The van der Waals surface area contributed by atoms with E-state index in [1.54, 1.807) is 6.07 Å². The fourth-order valence-corrected chi connectivity index (χ4v) is 1.65. The molecule has 0 unspecified atom stereocenters. The molecule has 0 radical (unpaired) electrons. The van der Waals surface area contributed by atoms with Crippen molar-refractivity contribution in [1.82, 2.24) is 15.2 Å². The van der Waals surface area contributed by atoms with Crippen LogP contribution in [-0.4, -0.2) is 20.3 Å². The molecule has 2 aromatic heterocycles. The zero-order valence-corrected chi connectivity index (χ0v) is 10.6. The zero-order chi connectivity index (χ0) is 13.9. The van der Waals surface area contributed by atoms with Crippen molar-refractivity contribution < 1.29 is 9.52 Å². The van der Waals surface area contributed by atoms with Crippen molar-refractivity contribution in [3.05, 3.63) is 42.2 Å². The normalized spacial score (nSPS) is 11.2.